The second-order valence-electron chi connectivity index (χ2n) is 7.85. The van der Waals surface area contributed by atoms with Crippen LogP contribution in [0.5, 0.6) is 0 Å². The van der Waals surface area contributed by atoms with Crippen molar-refractivity contribution in [3.8, 4) is 0 Å². The Hall–Kier alpha value is -4.11. The van der Waals surface area contributed by atoms with Crippen LogP contribution in [0, 0.1) is 0 Å². The van der Waals surface area contributed by atoms with E-state index in [1.54, 1.807) is 11.3 Å². The first-order valence-electron chi connectivity index (χ1n) is 10.2. The summed E-state index contributed by atoms with van der Waals surface area (Å²) in [6.07, 6.45) is 0. The Kier molecular flexibility index (Phi) is 3.41. The van der Waals surface area contributed by atoms with Gasteiger partial charge in [-0.05, 0) is 43.4 Å². The molecule has 9 heteroatoms. The minimum absolute atomic E-state index is 0.958. The molecular weight excluding hydrogens is 420 g/mol. The van der Waals surface area contributed by atoms with Crippen LogP contribution in [0.4, 0.5) is 0 Å². The summed E-state index contributed by atoms with van der Waals surface area (Å²) < 4.78 is 7.54. The van der Waals surface area contributed by atoms with Gasteiger partial charge < -0.3 is 0 Å². The van der Waals surface area contributed by atoms with E-state index in [9.17, 15) is 0 Å². The fourth-order valence-electron chi connectivity index (χ4n) is 4.79. The lowest BCUT2D eigenvalue weighted by atomic mass is 10.0. The first-order chi connectivity index (χ1) is 15.7. The van der Waals surface area contributed by atoms with E-state index in [-0.39, 0.29) is 0 Å². The molecule has 7 rings (SSSR count). The van der Waals surface area contributed by atoms with Crippen LogP contribution in [-0.2, 0) is 14.1 Å². The molecule has 0 amide bonds. The van der Waals surface area contributed by atoms with Gasteiger partial charge in [0.05, 0.1) is 23.7 Å². The van der Waals surface area contributed by atoms with Crippen molar-refractivity contribution in [1.29, 1.82) is 0 Å². The van der Waals surface area contributed by atoms with Crippen molar-refractivity contribution >= 4 is 49.7 Å². The van der Waals surface area contributed by atoms with Crippen molar-refractivity contribution in [1.82, 2.24) is 34.6 Å². The molecule has 8 nitrogen and oxygen atoms in total. The molecule has 0 fully saturated rings. The standard InChI is InChI=1S/C23H17N8S/c1-28-22-17-9-5-3-7-15(17)20(30(22)26-24-28)19(14-11-12-32-13-14)21-16-8-4-6-10-18(16)23-29(2)25-27-31(21)23/h3-13H,1-2H3/q+1. The molecule has 0 unspecified atom stereocenters. The Bertz CT molecular complexity index is 1850. The van der Waals surface area contributed by atoms with Crippen LogP contribution < -0.4 is 10.0 Å². The SMILES string of the molecule is Cn1nnn2c(/C(c3ccsc3)=c3/c4ccccc4c4n3nn[n+]4C)c3ccccc3c12. The summed E-state index contributed by atoms with van der Waals surface area (Å²) in [4.78, 5) is 0. The summed E-state index contributed by atoms with van der Waals surface area (Å²) >= 11 is 1.67. The van der Waals surface area contributed by atoms with Gasteiger partial charge in [-0.15, -0.1) is 4.68 Å². The zero-order valence-corrected chi connectivity index (χ0v) is 18.2. The van der Waals surface area contributed by atoms with Gasteiger partial charge in [0.15, 0.2) is 16.2 Å². The van der Waals surface area contributed by atoms with Gasteiger partial charge in [-0.3, -0.25) is 0 Å². The molecule has 0 atom stereocenters. The van der Waals surface area contributed by atoms with Gasteiger partial charge in [-0.2, -0.15) is 15.9 Å². The average molecular weight is 438 g/mol. The molecule has 2 aromatic carbocycles. The highest BCUT2D eigenvalue weighted by Gasteiger charge is 2.27. The van der Waals surface area contributed by atoms with Crippen LogP contribution in [0.25, 0.3) is 38.4 Å². The molecule has 0 spiro atoms. The van der Waals surface area contributed by atoms with Crippen LogP contribution in [0.3, 0.4) is 0 Å². The summed E-state index contributed by atoms with van der Waals surface area (Å²) in [5, 5.41) is 27.4. The molecule has 154 valence electrons. The number of hydrogen-bond donors (Lipinski definition) is 0. The summed E-state index contributed by atoms with van der Waals surface area (Å²) in [5.74, 6) is 0. The highest BCUT2D eigenvalue weighted by Crippen LogP contribution is 2.34. The molecule has 0 aliphatic carbocycles. The fraction of sp³-hybridized carbons (Fsp3) is 0.0870. The van der Waals surface area contributed by atoms with E-state index >= 15 is 0 Å². The third-order valence-electron chi connectivity index (χ3n) is 6.09. The van der Waals surface area contributed by atoms with E-state index in [2.05, 4.69) is 86.2 Å². The van der Waals surface area contributed by atoms with Gasteiger partial charge in [-0.25, -0.2) is 4.68 Å². The molecule has 0 saturated carbocycles. The summed E-state index contributed by atoms with van der Waals surface area (Å²) in [7, 11) is 3.85. The van der Waals surface area contributed by atoms with Crippen molar-refractivity contribution in [3.05, 3.63) is 82.0 Å². The van der Waals surface area contributed by atoms with Gasteiger partial charge in [0.2, 0.25) is 0 Å². The maximum Gasteiger partial charge on any atom is 0.295 e. The summed E-state index contributed by atoms with van der Waals surface area (Å²) in [6.45, 7) is 0. The molecule has 5 heterocycles. The number of tetrazole rings is 2. The topological polar surface area (TPSA) is 69.2 Å². The molecular formula is C23H17N8S+. The molecule has 0 N–H and O–H groups in total. The molecule has 0 aliphatic heterocycles. The van der Waals surface area contributed by atoms with E-state index < -0.39 is 0 Å². The number of aromatic nitrogens is 8. The predicted octanol–water partition coefficient (Wildman–Crippen LogP) is 2.27. The molecule has 0 aliphatic rings. The second-order valence-corrected chi connectivity index (χ2v) is 8.63. The van der Waals surface area contributed by atoms with Gasteiger partial charge in [0, 0.05) is 23.2 Å². The van der Waals surface area contributed by atoms with E-state index in [4.69, 9.17) is 0 Å². The van der Waals surface area contributed by atoms with Crippen LogP contribution in [0.15, 0.2) is 65.4 Å². The number of fused-ring (bicyclic) bond motifs is 6. The zero-order chi connectivity index (χ0) is 21.4. The van der Waals surface area contributed by atoms with Crippen molar-refractivity contribution in [2.24, 2.45) is 14.1 Å². The van der Waals surface area contributed by atoms with Crippen molar-refractivity contribution in [2.75, 3.05) is 0 Å². The fourth-order valence-corrected chi connectivity index (χ4v) is 5.44. The maximum absolute atomic E-state index is 4.52. The third kappa shape index (κ3) is 2.12. The van der Waals surface area contributed by atoms with E-state index in [0.717, 1.165) is 55.0 Å². The van der Waals surface area contributed by atoms with E-state index in [1.807, 2.05) is 32.5 Å². The first kappa shape index (κ1) is 17.6. The Balaban J connectivity index is 1.83. The normalized spacial score (nSPS) is 13.2. The first-order valence-corrected chi connectivity index (χ1v) is 11.2. The lowest BCUT2D eigenvalue weighted by Crippen LogP contribution is -2.30. The molecule has 0 bridgehead atoms. The maximum atomic E-state index is 4.52. The molecule has 7 aromatic rings. The Morgan fingerprint density at radius 2 is 1.59 bits per heavy atom. The lowest BCUT2D eigenvalue weighted by Gasteiger charge is -2.04. The van der Waals surface area contributed by atoms with E-state index in [0.29, 0.717) is 0 Å². The largest absolute Gasteiger partial charge is 0.295 e. The van der Waals surface area contributed by atoms with Crippen LogP contribution in [-0.4, -0.2) is 34.6 Å². The summed E-state index contributed by atoms with van der Waals surface area (Å²) in [6, 6.07) is 18.9. The number of benzene rings is 2. The average Bonchev–Trinajstić information content (AvgIpc) is 3.61. The van der Waals surface area contributed by atoms with Gasteiger partial charge >= 0.3 is 0 Å². The van der Waals surface area contributed by atoms with Gasteiger partial charge in [0.25, 0.3) is 5.65 Å². The Morgan fingerprint density at radius 3 is 2.38 bits per heavy atom. The number of aryl methyl sites for hydroxylation is 2. The second kappa shape index (κ2) is 6.21. The van der Waals surface area contributed by atoms with Crippen molar-refractivity contribution in [2.45, 2.75) is 0 Å². The minimum atomic E-state index is 0.958. The highest BCUT2D eigenvalue weighted by molar-refractivity contribution is 7.08. The number of rotatable bonds is 2. The van der Waals surface area contributed by atoms with Crippen molar-refractivity contribution in [3.63, 3.8) is 0 Å². The van der Waals surface area contributed by atoms with Gasteiger partial charge in [0.1, 0.15) is 5.21 Å². The molecule has 0 saturated heterocycles. The quantitative estimate of drug-likeness (QED) is 0.389. The minimum Gasteiger partial charge on any atom is -0.230 e. The Labute approximate surface area is 185 Å². The number of hydrogen-bond acceptors (Lipinski definition) is 5. The number of nitrogens with zero attached hydrogens (tertiary/aromatic N) is 8. The van der Waals surface area contributed by atoms with Crippen LogP contribution in [0.1, 0.15) is 11.3 Å². The third-order valence-corrected chi connectivity index (χ3v) is 6.78. The predicted molar refractivity (Wildman–Crippen MR) is 122 cm³/mol. The monoisotopic (exact) mass is 437 g/mol. The van der Waals surface area contributed by atoms with Gasteiger partial charge in [-0.1, -0.05) is 42.5 Å². The van der Waals surface area contributed by atoms with Crippen LogP contribution >= 0.6 is 11.3 Å². The molecule has 32 heavy (non-hydrogen) atoms. The molecule has 5 aromatic heterocycles. The summed E-state index contributed by atoms with van der Waals surface area (Å²) in [5.41, 5.74) is 5.08. The molecule has 0 radical (unpaired) electrons. The highest BCUT2D eigenvalue weighted by atomic mass is 32.1. The Morgan fingerprint density at radius 1 is 0.844 bits per heavy atom. The zero-order valence-electron chi connectivity index (χ0n) is 17.3. The lowest BCUT2D eigenvalue weighted by molar-refractivity contribution is -0.706. The van der Waals surface area contributed by atoms with E-state index in [1.165, 1.54) is 0 Å². The number of thiophene rings is 1. The smallest absolute Gasteiger partial charge is 0.230 e. The van der Waals surface area contributed by atoms with Crippen LogP contribution in [0.2, 0.25) is 0 Å². The van der Waals surface area contributed by atoms with Crippen molar-refractivity contribution < 1.29 is 4.68 Å².